The first kappa shape index (κ1) is 23.1. The van der Waals surface area contributed by atoms with E-state index in [1.165, 1.54) is 11.3 Å². The molecule has 1 aliphatic rings. The summed E-state index contributed by atoms with van der Waals surface area (Å²) in [4.78, 5) is 11.5. The molecule has 7 nitrogen and oxygen atoms in total. The molecule has 0 unspecified atom stereocenters. The van der Waals surface area contributed by atoms with E-state index in [2.05, 4.69) is 65.2 Å². The molecule has 7 heteroatoms. The van der Waals surface area contributed by atoms with Crippen LogP contribution in [0.15, 0.2) is 52.9 Å². The Morgan fingerprint density at radius 1 is 1.00 bits per heavy atom. The Bertz CT molecular complexity index is 1040. The lowest BCUT2D eigenvalue weighted by atomic mass is 10.1. The molecule has 0 N–H and O–H groups in total. The lowest BCUT2D eigenvalue weighted by Crippen LogP contribution is -2.35. The second-order valence-corrected chi connectivity index (χ2v) is 8.67. The molecule has 0 aliphatic carbocycles. The maximum Gasteiger partial charge on any atom is 0.298 e. The molecular formula is C26H34N4O3. The molecule has 0 saturated carbocycles. The minimum absolute atomic E-state index is 0.647. The highest BCUT2D eigenvalue weighted by Crippen LogP contribution is 2.26. The fourth-order valence-corrected chi connectivity index (χ4v) is 3.99. The Hall–Kier alpha value is -3.03. The highest BCUT2D eigenvalue weighted by Gasteiger charge is 2.20. The van der Waals surface area contributed by atoms with Gasteiger partial charge in [-0.3, -0.25) is 4.90 Å². The quantitative estimate of drug-likeness (QED) is 0.487. The molecule has 1 saturated heterocycles. The summed E-state index contributed by atoms with van der Waals surface area (Å²) >= 11 is 0. The van der Waals surface area contributed by atoms with Gasteiger partial charge in [-0.15, -0.1) is 0 Å². The number of methoxy groups -OCH3 is 1. The van der Waals surface area contributed by atoms with E-state index < -0.39 is 0 Å². The maximum absolute atomic E-state index is 6.35. The van der Waals surface area contributed by atoms with Crippen LogP contribution in [0.25, 0.3) is 0 Å². The smallest absolute Gasteiger partial charge is 0.298 e. The van der Waals surface area contributed by atoms with Gasteiger partial charge in [-0.1, -0.05) is 24.3 Å². The SMILES string of the molecule is COc1cccc(CN(Cc2cccc(N(C)C)c2)c2nc(C)c(CN3CCOCC3)o2)c1. The van der Waals surface area contributed by atoms with Crippen LogP contribution in [0.4, 0.5) is 11.7 Å². The van der Waals surface area contributed by atoms with Gasteiger partial charge in [0, 0.05) is 46.0 Å². The van der Waals surface area contributed by atoms with E-state index in [1.54, 1.807) is 7.11 Å². The number of ether oxygens (including phenoxy) is 2. The average molecular weight is 451 g/mol. The molecular weight excluding hydrogens is 416 g/mol. The van der Waals surface area contributed by atoms with Gasteiger partial charge in [0.15, 0.2) is 0 Å². The number of nitrogens with zero attached hydrogens (tertiary/aromatic N) is 4. The molecule has 176 valence electrons. The summed E-state index contributed by atoms with van der Waals surface area (Å²) < 4.78 is 17.3. The number of benzene rings is 2. The number of aromatic nitrogens is 1. The van der Waals surface area contributed by atoms with E-state index >= 15 is 0 Å². The summed E-state index contributed by atoms with van der Waals surface area (Å²) in [5.41, 5.74) is 4.46. The second-order valence-electron chi connectivity index (χ2n) is 8.67. The molecule has 2 aromatic carbocycles. The van der Waals surface area contributed by atoms with Crippen molar-refractivity contribution in [2.75, 3.05) is 57.3 Å². The second kappa shape index (κ2) is 10.7. The maximum atomic E-state index is 6.35. The van der Waals surface area contributed by atoms with Crippen LogP contribution in [0.5, 0.6) is 5.75 Å². The third-order valence-electron chi connectivity index (χ3n) is 5.93. The van der Waals surface area contributed by atoms with Crippen LogP contribution in [-0.2, 0) is 24.4 Å². The molecule has 4 rings (SSSR count). The van der Waals surface area contributed by atoms with Crippen molar-refractivity contribution in [2.24, 2.45) is 0 Å². The molecule has 0 bridgehead atoms. The van der Waals surface area contributed by atoms with Crippen LogP contribution >= 0.6 is 0 Å². The number of hydrogen-bond donors (Lipinski definition) is 0. The lowest BCUT2D eigenvalue weighted by Gasteiger charge is -2.25. The third kappa shape index (κ3) is 6.06. The number of oxazole rings is 1. The van der Waals surface area contributed by atoms with Gasteiger partial charge >= 0.3 is 0 Å². The fourth-order valence-electron chi connectivity index (χ4n) is 3.99. The summed E-state index contributed by atoms with van der Waals surface area (Å²) in [5.74, 6) is 1.77. The van der Waals surface area contributed by atoms with Crippen molar-refractivity contribution in [1.29, 1.82) is 0 Å². The molecule has 0 amide bonds. The zero-order valence-corrected chi connectivity index (χ0v) is 20.1. The summed E-state index contributed by atoms with van der Waals surface area (Å²) in [6.07, 6.45) is 0. The molecule has 0 spiro atoms. The number of aryl methyl sites for hydroxylation is 1. The third-order valence-corrected chi connectivity index (χ3v) is 5.93. The zero-order valence-electron chi connectivity index (χ0n) is 20.1. The normalized spacial score (nSPS) is 14.3. The van der Waals surface area contributed by atoms with Gasteiger partial charge in [0.1, 0.15) is 11.5 Å². The van der Waals surface area contributed by atoms with Crippen LogP contribution in [0.3, 0.4) is 0 Å². The molecule has 1 aromatic heterocycles. The van der Waals surface area contributed by atoms with E-state index in [-0.39, 0.29) is 0 Å². The summed E-state index contributed by atoms with van der Waals surface area (Å²) in [5, 5.41) is 0. The van der Waals surface area contributed by atoms with E-state index in [0.717, 1.165) is 55.6 Å². The van der Waals surface area contributed by atoms with Crippen molar-refractivity contribution < 1.29 is 13.9 Å². The zero-order chi connectivity index (χ0) is 23.2. The Morgan fingerprint density at radius 2 is 1.70 bits per heavy atom. The van der Waals surface area contributed by atoms with E-state index in [9.17, 15) is 0 Å². The monoisotopic (exact) mass is 450 g/mol. The summed E-state index contributed by atoms with van der Waals surface area (Å²) in [7, 11) is 5.81. The van der Waals surface area contributed by atoms with Crippen LogP contribution in [0, 0.1) is 6.92 Å². The molecule has 0 radical (unpaired) electrons. The van der Waals surface area contributed by atoms with Crippen LogP contribution in [-0.4, -0.2) is 57.4 Å². The molecule has 1 fully saturated rings. The van der Waals surface area contributed by atoms with Crippen molar-refractivity contribution in [3.05, 3.63) is 71.1 Å². The summed E-state index contributed by atoms with van der Waals surface area (Å²) in [6.45, 7) is 7.51. The van der Waals surface area contributed by atoms with Gasteiger partial charge in [-0.2, -0.15) is 4.98 Å². The van der Waals surface area contributed by atoms with Crippen LogP contribution < -0.4 is 14.5 Å². The van der Waals surface area contributed by atoms with Crippen LogP contribution in [0.1, 0.15) is 22.6 Å². The Labute approximate surface area is 196 Å². The Kier molecular flexibility index (Phi) is 7.52. The van der Waals surface area contributed by atoms with Crippen molar-refractivity contribution in [2.45, 2.75) is 26.6 Å². The number of morpholine rings is 1. The highest BCUT2D eigenvalue weighted by atomic mass is 16.5. The van der Waals surface area contributed by atoms with Crippen molar-refractivity contribution >= 4 is 11.7 Å². The van der Waals surface area contributed by atoms with Gasteiger partial charge < -0.3 is 23.7 Å². The molecule has 1 aliphatic heterocycles. The predicted octanol–water partition coefficient (Wildman–Crippen LogP) is 4.10. The Morgan fingerprint density at radius 3 is 2.39 bits per heavy atom. The minimum Gasteiger partial charge on any atom is -0.497 e. The average Bonchev–Trinajstić information content (AvgIpc) is 3.19. The Balaban J connectivity index is 1.60. The number of rotatable bonds is 9. The first-order chi connectivity index (χ1) is 16.0. The van der Waals surface area contributed by atoms with E-state index in [4.69, 9.17) is 18.9 Å². The van der Waals surface area contributed by atoms with Crippen molar-refractivity contribution in [3.8, 4) is 5.75 Å². The molecule has 33 heavy (non-hydrogen) atoms. The van der Waals surface area contributed by atoms with Crippen LogP contribution in [0.2, 0.25) is 0 Å². The standard InChI is InChI=1S/C26H34N4O3/c1-20-25(19-29-11-13-32-14-12-29)33-26(27-20)30(18-22-8-6-10-24(16-22)31-4)17-21-7-5-9-23(15-21)28(2)3/h5-10,15-16H,11-14,17-19H2,1-4H3. The largest absolute Gasteiger partial charge is 0.497 e. The molecule has 2 heterocycles. The molecule has 0 atom stereocenters. The van der Waals surface area contributed by atoms with Crippen molar-refractivity contribution in [1.82, 2.24) is 9.88 Å². The predicted molar refractivity (Wildman–Crippen MR) is 131 cm³/mol. The van der Waals surface area contributed by atoms with Gasteiger partial charge in [0.2, 0.25) is 0 Å². The van der Waals surface area contributed by atoms with Gasteiger partial charge in [0.25, 0.3) is 6.01 Å². The topological polar surface area (TPSA) is 54.2 Å². The number of hydrogen-bond acceptors (Lipinski definition) is 7. The van der Waals surface area contributed by atoms with E-state index in [0.29, 0.717) is 19.1 Å². The van der Waals surface area contributed by atoms with E-state index in [1.807, 2.05) is 19.1 Å². The van der Waals surface area contributed by atoms with Gasteiger partial charge in [0.05, 0.1) is 32.6 Å². The van der Waals surface area contributed by atoms with Crippen molar-refractivity contribution in [3.63, 3.8) is 0 Å². The first-order valence-corrected chi connectivity index (χ1v) is 11.4. The van der Waals surface area contributed by atoms with Gasteiger partial charge in [-0.05, 0) is 42.3 Å². The fraction of sp³-hybridized carbons (Fsp3) is 0.423. The number of anilines is 2. The van der Waals surface area contributed by atoms with Gasteiger partial charge in [-0.25, -0.2) is 0 Å². The highest BCUT2D eigenvalue weighted by molar-refractivity contribution is 5.48. The first-order valence-electron chi connectivity index (χ1n) is 11.4. The lowest BCUT2D eigenvalue weighted by molar-refractivity contribution is 0.0313. The minimum atomic E-state index is 0.647. The molecule has 3 aromatic rings. The summed E-state index contributed by atoms with van der Waals surface area (Å²) in [6, 6.07) is 17.4.